The van der Waals surface area contributed by atoms with Gasteiger partial charge in [-0.2, -0.15) is 0 Å². The summed E-state index contributed by atoms with van der Waals surface area (Å²) in [6.45, 7) is 14.0. The average molecular weight is 440 g/mol. The van der Waals surface area contributed by atoms with E-state index in [1.54, 1.807) is 5.48 Å². The summed E-state index contributed by atoms with van der Waals surface area (Å²) in [7, 11) is 2.20. The van der Waals surface area contributed by atoms with Crippen molar-refractivity contribution in [3.63, 3.8) is 0 Å². The first-order valence-corrected chi connectivity index (χ1v) is 11.5. The molecule has 3 rings (SSSR count). The number of aryl methyl sites for hydroxylation is 1. The molecule has 7 nitrogen and oxygen atoms in total. The lowest BCUT2D eigenvalue weighted by Gasteiger charge is -2.33. The van der Waals surface area contributed by atoms with E-state index in [0.717, 1.165) is 44.9 Å². The number of carbonyl (C=O) groups excluding carboxylic acids is 1. The quantitative estimate of drug-likeness (QED) is 0.152. The molecule has 1 amide bonds. The van der Waals surface area contributed by atoms with E-state index >= 15 is 0 Å². The molecule has 32 heavy (non-hydrogen) atoms. The van der Waals surface area contributed by atoms with Gasteiger partial charge in [0.1, 0.15) is 5.84 Å². The first-order valence-electron chi connectivity index (χ1n) is 11.5. The minimum atomic E-state index is -0.609. The Morgan fingerprint density at radius 3 is 2.69 bits per heavy atom. The molecule has 1 saturated heterocycles. The number of anilines is 1. The van der Waals surface area contributed by atoms with Crippen molar-refractivity contribution in [3.05, 3.63) is 53.8 Å². The number of rotatable bonds is 7. The summed E-state index contributed by atoms with van der Waals surface area (Å²) < 4.78 is 0. The van der Waals surface area contributed by atoms with E-state index in [-0.39, 0.29) is 5.57 Å². The van der Waals surface area contributed by atoms with E-state index in [0.29, 0.717) is 17.9 Å². The molecular formula is C25H37N5O2. The fourth-order valence-electron chi connectivity index (χ4n) is 4.74. The number of carbonyl (C=O) groups is 1. The molecule has 0 bridgehead atoms. The third-order valence-corrected chi connectivity index (χ3v) is 7.00. The van der Waals surface area contributed by atoms with E-state index in [2.05, 4.69) is 65.8 Å². The van der Waals surface area contributed by atoms with Gasteiger partial charge < -0.3 is 15.1 Å². The molecule has 0 radical (unpaired) electrons. The predicted molar refractivity (Wildman–Crippen MR) is 130 cm³/mol. The van der Waals surface area contributed by atoms with Gasteiger partial charge >= 0.3 is 0 Å². The zero-order valence-corrected chi connectivity index (χ0v) is 19.8. The maximum Gasteiger partial charge on any atom is 0.276 e. The Morgan fingerprint density at radius 1 is 1.31 bits per heavy atom. The lowest BCUT2D eigenvalue weighted by Crippen LogP contribution is -2.41. The highest BCUT2D eigenvalue weighted by atomic mass is 16.5. The van der Waals surface area contributed by atoms with Gasteiger partial charge in [0.25, 0.3) is 5.91 Å². The molecule has 2 aliphatic rings. The smallest absolute Gasteiger partial charge is 0.276 e. The van der Waals surface area contributed by atoms with Crippen molar-refractivity contribution in [2.75, 3.05) is 38.1 Å². The minimum absolute atomic E-state index is 0.231. The van der Waals surface area contributed by atoms with Crippen molar-refractivity contribution >= 4 is 17.4 Å². The summed E-state index contributed by atoms with van der Waals surface area (Å²) in [5, 5.41) is 12.5. The van der Waals surface area contributed by atoms with Crippen molar-refractivity contribution < 1.29 is 10.0 Å². The Hall–Kier alpha value is -2.64. The maximum atomic E-state index is 11.5. The Labute approximate surface area is 191 Å². The van der Waals surface area contributed by atoms with Gasteiger partial charge in [-0.05, 0) is 57.7 Å². The van der Waals surface area contributed by atoms with Crippen LogP contribution in [0.1, 0.15) is 43.7 Å². The molecule has 174 valence electrons. The van der Waals surface area contributed by atoms with E-state index in [1.807, 2.05) is 6.92 Å². The zero-order valence-electron chi connectivity index (χ0n) is 19.8. The number of hydroxylamine groups is 1. The Morgan fingerprint density at radius 2 is 2.03 bits per heavy atom. The second-order valence-electron chi connectivity index (χ2n) is 9.01. The number of aliphatic imine (C=N–C) groups is 1. The Balaban J connectivity index is 1.48. The number of hydrogen-bond donors (Lipinski definition) is 3. The first kappa shape index (κ1) is 24.0. The first-order chi connectivity index (χ1) is 15.3. The third-order valence-electron chi connectivity index (χ3n) is 7.00. The zero-order chi connectivity index (χ0) is 23.3. The molecule has 1 aromatic carbocycles. The summed E-state index contributed by atoms with van der Waals surface area (Å²) in [4.78, 5) is 20.5. The average Bonchev–Trinajstić information content (AvgIpc) is 3.03. The van der Waals surface area contributed by atoms with Crippen molar-refractivity contribution in [3.8, 4) is 0 Å². The molecule has 2 unspecified atom stereocenters. The van der Waals surface area contributed by atoms with Crippen LogP contribution in [-0.4, -0.2) is 61.1 Å². The summed E-state index contributed by atoms with van der Waals surface area (Å²) in [6.07, 6.45) is 5.06. The maximum absolute atomic E-state index is 11.5. The molecule has 7 heteroatoms. The van der Waals surface area contributed by atoms with Crippen LogP contribution in [-0.2, 0) is 4.79 Å². The largest absolute Gasteiger partial charge is 0.371 e. The Kier molecular flexibility index (Phi) is 8.10. The van der Waals surface area contributed by atoms with Crippen LogP contribution in [0.3, 0.4) is 0 Å². The molecular weight excluding hydrogens is 402 g/mol. The normalized spacial score (nSPS) is 22.2. The molecule has 2 heterocycles. The van der Waals surface area contributed by atoms with Crippen LogP contribution < -0.4 is 15.7 Å². The predicted octanol–water partition coefficient (Wildman–Crippen LogP) is 3.21. The summed E-state index contributed by atoms with van der Waals surface area (Å²) in [5.74, 6) is 1.44. The summed E-state index contributed by atoms with van der Waals surface area (Å²) in [5.41, 5.74) is 6.00. The number of benzene rings is 1. The number of likely N-dealkylation sites (tertiary alicyclic amines) is 1. The van der Waals surface area contributed by atoms with Gasteiger partial charge in [0.15, 0.2) is 0 Å². The lowest BCUT2D eigenvalue weighted by atomic mass is 9.93. The van der Waals surface area contributed by atoms with Gasteiger partial charge in [0, 0.05) is 50.5 Å². The standard InChI is InChI=1S/C25H37N5O2/c1-6-21(25(31)28-32)15-27-19(4)30-11-9-20(10-12-30)14-26-16-23-18(3)29(5)24-8-7-17(2)13-22(23)24/h6-8,13,15,18,20,23,26,32H,1,9-12,14,16H2,2-5H3,(H,28,31)/b21-15+,27-19?. The molecule has 0 saturated carbocycles. The molecule has 2 atom stereocenters. The Bertz CT molecular complexity index is 886. The number of amides is 1. The molecule has 0 aromatic heterocycles. The van der Waals surface area contributed by atoms with Gasteiger partial charge in [-0.25, -0.2) is 10.5 Å². The highest BCUT2D eigenvalue weighted by Crippen LogP contribution is 2.40. The minimum Gasteiger partial charge on any atom is -0.371 e. The number of fused-ring (bicyclic) bond motifs is 1. The second kappa shape index (κ2) is 10.8. The fraction of sp³-hybridized carbons (Fsp3) is 0.520. The van der Waals surface area contributed by atoms with Crippen LogP contribution in [0.4, 0.5) is 5.69 Å². The lowest BCUT2D eigenvalue weighted by molar-refractivity contribution is -0.124. The molecule has 1 fully saturated rings. The number of likely N-dealkylation sites (N-methyl/N-ethyl adjacent to an activating group) is 1. The van der Waals surface area contributed by atoms with Gasteiger partial charge in [-0.1, -0.05) is 30.4 Å². The number of piperidine rings is 1. The van der Waals surface area contributed by atoms with E-state index in [4.69, 9.17) is 5.21 Å². The van der Waals surface area contributed by atoms with Crippen LogP contribution in [0.5, 0.6) is 0 Å². The monoisotopic (exact) mass is 439 g/mol. The second-order valence-corrected chi connectivity index (χ2v) is 9.01. The molecule has 0 aliphatic carbocycles. The molecule has 2 aliphatic heterocycles. The van der Waals surface area contributed by atoms with E-state index in [9.17, 15) is 4.79 Å². The van der Waals surface area contributed by atoms with E-state index in [1.165, 1.54) is 29.1 Å². The highest BCUT2D eigenvalue weighted by molar-refractivity contribution is 5.95. The summed E-state index contributed by atoms with van der Waals surface area (Å²) >= 11 is 0. The third kappa shape index (κ3) is 5.40. The summed E-state index contributed by atoms with van der Waals surface area (Å²) in [6, 6.07) is 7.30. The van der Waals surface area contributed by atoms with Crippen molar-refractivity contribution in [1.82, 2.24) is 15.7 Å². The van der Waals surface area contributed by atoms with Gasteiger partial charge in [-0.3, -0.25) is 10.0 Å². The van der Waals surface area contributed by atoms with Crippen LogP contribution in [0.2, 0.25) is 0 Å². The SMILES string of the molecule is C=C/C(=C\N=C(C)N1CCC(CNCC2c3cc(C)ccc3N(C)C2C)CC1)C(=O)NO. The molecule has 3 N–H and O–H groups in total. The topological polar surface area (TPSA) is 80.2 Å². The van der Waals surface area contributed by atoms with E-state index < -0.39 is 5.91 Å². The van der Waals surface area contributed by atoms with Crippen molar-refractivity contribution in [1.29, 1.82) is 0 Å². The highest BCUT2D eigenvalue weighted by Gasteiger charge is 2.33. The van der Waals surface area contributed by atoms with Crippen molar-refractivity contribution in [2.45, 2.75) is 45.6 Å². The van der Waals surface area contributed by atoms with Crippen LogP contribution in [0.15, 0.2) is 47.6 Å². The van der Waals surface area contributed by atoms with Gasteiger partial charge in [0.2, 0.25) is 0 Å². The molecule has 0 spiro atoms. The van der Waals surface area contributed by atoms with Crippen LogP contribution >= 0.6 is 0 Å². The fourth-order valence-corrected chi connectivity index (χ4v) is 4.74. The molecule has 1 aromatic rings. The van der Waals surface area contributed by atoms with Crippen LogP contribution in [0.25, 0.3) is 0 Å². The number of nitrogens with zero attached hydrogens (tertiary/aromatic N) is 3. The van der Waals surface area contributed by atoms with Crippen LogP contribution in [0, 0.1) is 12.8 Å². The van der Waals surface area contributed by atoms with Gasteiger partial charge in [0.05, 0.1) is 5.57 Å². The van der Waals surface area contributed by atoms with Crippen molar-refractivity contribution in [2.24, 2.45) is 10.9 Å². The van der Waals surface area contributed by atoms with Gasteiger partial charge in [-0.15, -0.1) is 0 Å². The number of nitrogens with one attached hydrogen (secondary N) is 2. The number of amidine groups is 1. The number of hydrogen-bond acceptors (Lipinski definition) is 5.